The molecule has 2 atom stereocenters. The van der Waals surface area contributed by atoms with Gasteiger partial charge in [0.05, 0.1) is 0 Å². The summed E-state index contributed by atoms with van der Waals surface area (Å²) < 4.78 is 5.40. The van der Waals surface area contributed by atoms with Crippen LogP contribution in [0.1, 0.15) is 24.6 Å². The third kappa shape index (κ3) is 3.37. The summed E-state index contributed by atoms with van der Waals surface area (Å²) in [5, 5.41) is 7.62. The summed E-state index contributed by atoms with van der Waals surface area (Å²) >= 11 is 0. The lowest BCUT2D eigenvalue weighted by molar-refractivity contribution is 0.113. The molecule has 0 spiro atoms. The van der Waals surface area contributed by atoms with Gasteiger partial charge in [-0.3, -0.25) is 0 Å². The molecule has 2 unspecified atom stereocenters. The number of likely N-dealkylation sites (N-methyl/N-ethyl adjacent to an activating group) is 2. The Hall–Kier alpha value is -0.980. The Morgan fingerprint density at radius 3 is 3.00 bits per heavy atom. The van der Waals surface area contributed by atoms with Crippen molar-refractivity contribution < 1.29 is 4.52 Å². The smallest absolute Gasteiger partial charge is 0.228 e. The molecule has 0 aromatic carbocycles. The molecule has 20 heavy (non-hydrogen) atoms. The molecule has 1 N–H and O–H groups in total. The van der Waals surface area contributed by atoms with Crippen LogP contribution in [0, 0.1) is 0 Å². The van der Waals surface area contributed by atoms with Crippen molar-refractivity contribution in [2.45, 2.75) is 37.8 Å². The summed E-state index contributed by atoms with van der Waals surface area (Å²) in [4.78, 5) is 9.33. The first-order chi connectivity index (χ1) is 9.70. The van der Waals surface area contributed by atoms with Crippen LogP contribution in [0.5, 0.6) is 0 Å². The monoisotopic (exact) mass is 279 g/mol. The van der Waals surface area contributed by atoms with E-state index in [1.807, 2.05) is 0 Å². The van der Waals surface area contributed by atoms with Crippen molar-refractivity contribution in [3.63, 3.8) is 0 Å². The van der Waals surface area contributed by atoms with Gasteiger partial charge in [-0.2, -0.15) is 4.98 Å². The third-order valence-electron chi connectivity index (χ3n) is 4.49. The van der Waals surface area contributed by atoms with Gasteiger partial charge in [0.2, 0.25) is 5.89 Å². The number of nitrogens with one attached hydrogen (secondary N) is 1. The normalized spacial score (nSPS) is 29.1. The highest BCUT2D eigenvalue weighted by atomic mass is 16.5. The van der Waals surface area contributed by atoms with E-state index in [2.05, 4.69) is 39.4 Å². The Bertz CT molecular complexity index is 429. The lowest BCUT2D eigenvalue weighted by atomic mass is 10.1. The van der Waals surface area contributed by atoms with Gasteiger partial charge in [-0.15, -0.1) is 0 Å². The summed E-state index contributed by atoms with van der Waals surface area (Å²) in [5.41, 5.74) is 0. The predicted molar refractivity (Wildman–Crippen MR) is 76.6 cm³/mol. The fraction of sp³-hybridized carbons (Fsp3) is 0.857. The topological polar surface area (TPSA) is 57.4 Å². The van der Waals surface area contributed by atoms with E-state index in [1.54, 1.807) is 0 Å². The quantitative estimate of drug-likeness (QED) is 0.847. The van der Waals surface area contributed by atoms with Crippen LogP contribution in [0.3, 0.4) is 0 Å². The molecular formula is C14H25N5O. The highest BCUT2D eigenvalue weighted by Crippen LogP contribution is 2.13. The maximum atomic E-state index is 5.40. The van der Waals surface area contributed by atoms with Crippen molar-refractivity contribution >= 4 is 0 Å². The van der Waals surface area contributed by atoms with Crippen LogP contribution in [0.25, 0.3) is 0 Å². The van der Waals surface area contributed by atoms with E-state index in [4.69, 9.17) is 4.52 Å². The van der Waals surface area contributed by atoms with E-state index in [9.17, 15) is 0 Å². The van der Waals surface area contributed by atoms with E-state index in [-0.39, 0.29) is 0 Å². The molecule has 3 heterocycles. The minimum Gasteiger partial charge on any atom is -0.339 e. The second kappa shape index (κ2) is 6.20. The van der Waals surface area contributed by atoms with Crippen molar-refractivity contribution in [2.24, 2.45) is 0 Å². The zero-order chi connectivity index (χ0) is 13.9. The molecular weight excluding hydrogens is 254 g/mol. The first-order valence-corrected chi connectivity index (χ1v) is 7.64. The number of nitrogens with zero attached hydrogens (tertiary/aromatic N) is 4. The van der Waals surface area contributed by atoms with Crippen LogP contribution in [-0.4, -0.2) is 72.3 Å². The van der Waals surface area contributed by atoms with E-state index in [1.165, 1.54) is 12.8 Å². The summed E-state index contributed by atoms with van der Waals surface area (Å²) in [6, 6.07) is 1.01. The SMILES string of the molecule is CN1CCN(C)C(Cc2noc(CC3CCCN3)n2)C1. The Kier molecular flexibility index (Phi) is 4.33. The zero-order valence-corrected chi connectivity index (χ0v) is 12.5. The van der Waals surface area contributed by atoms with Crippen LogP contribution < -0.4 is 5.32 Å². The average molecular weight is 279 g/mol. The van der Waals surface area contributed by atoms with Gasteiger partial charge in [-0.25, -0.2) is 0 Å². The van der Waals surface area contributed by atoms with Crippen LogP contribution in [-0.2, 0) is 12.8 Å². The molecule has 2 aliphatic heterocycles. The van der Waals surface area contributed by atoms with Crippen molar-refractivity contribution in [3.8, 4) is 0 Å². The fourth-order valence-electron chi connectivity index (χ4n) is 3.13. The molecule has 2 saturated heterocycles. The minimum atomic E-state index is 0.490. The van der Waals surface area contributed by atoms with Crippen molar-refractivity contribution in [3.05, 3.63) is 11.7 Å². The first-order valence-electron chi connectivity index (χ1n) is 7.64. The van der Waals surface area contributed by atoms with Gasteiger partial charge in [0.15, 0.2) is 5.82 Å². The Labute approximate surface area is 120 Å². The highest BCUT2D eigenvalue weighted by molar-refractivity contribution is 4.95. The van der Waals surface area contributed by atoms with Crippen LogP contribution in [0.2, 0.25) is 0 Å². The van der Waals surface area contributed by atoms with E-state index >= 15 is 0 Å². The van der Waals surface area contributed by atoms with E-state index in [0.29, 0.717) is 12.1 Å². The largest absolute Gasteiger partial charge is 0.339 e. The molecule has 0 radical (unpaired) electrons. The van der Waals surface area contributed by atoms with Crippen molar-refractivity contribution in [2.75, 3.05) is 40.3 Å². The molecule has 0 saturated carbocycles. The van der Waals surface area contributed by atoms with Gasteiger partial charge in [-0.1, -0.05) is 5.16 Å². The number of rotatable bonds is 4. The average Bonchev–Trinajstić information content (AvgIpc) is 3.07. The third-order valence-corrected chi connectivity index (χ3v) is 4.49. The molecule has 6 nitrogen and oxygen atoms in total. The van der Waals surface area contributed by atoms with Gasteiger partial charge in [0, 0.05) is 44.6 Å². The molecule has 112 valence electrons. The standard InChI is InChI=1S/C14H25N5O/c1-18-6-7-19(2)12(10-18)9-13-16-14(20-17-13)8-11-4-3-5-15-11/h11-12,15H,3-10H2,1-2H3. The lowest BCUT2D eigenvalue weighted by Crippen LogP contribution is -2.50. The Balaban J connectivity index is 1.56. The maximum absolute atomic E-state index is 5.40. The molecule has 6 heteroatoms. The Morgan fingerprint density at radius 2 is 2.20 bits per heavy atom. The molecule has 2 fully saturated rings. The lowest BCUT2D eigenvalue weighted by Gasteiger charge is -2.37. The molecule has 0 amide bonds. The van der Waals surface area contributed by atoms with Crippen molar-refractivity contribution in [1.29, 1.82) is 0 Å². The minimum absolute atomic E-state index is 0.490. The number of piperazine rings is 1. The maximum Gasteiger partial charge on any atom is 0.228 e. The summed E-state index contributed by atoms with van der Waals surface area (Å²) in [6.07, 6.45) is 4.22. The summed E-state index contributed by atoms with van der Waals surface area (Å²) in [6.45, 7) is 4.44. The van der Waals surface area contributed by atoms with Crippen LogP contribution in [0.15, 0.2) is 4.52 Å². The molecule has 0 aliphatic carbocycles. The van der Waals surface area contributed by atoms with E-state index < -0.39 is 0 Å². The second-order valence-corrected chi connectivity index (χ2v) is 6.20. The predicted octanol–water partition coefficient (Wildman–Crippen LogP) is 0.152. The van der Waals surface area contributed by atoms with Gasteiger partial charge < -0.3 is 19.6 Å². The van der Waals surface area contributed by atoms with Gasteiger partial charge in [0.1, 0.15) is 0 Å². The fourth-order valence-corrected chi connectivity index (χ4v) is 3.13. The zero-order valence-electron chi connectivity index (χ0n) is 12.5. The number of hydrogen-bond acceptors (Lipinski definition) is 6. The molecule has 1 aromatic heterocycles. The van der Waals surface area contributed by atoms with Crippen molar-refractivity contribution in [1.82, 2.24) is 25.3 Å². The summed E-state index contributed by atoms with van der Waals surface area (Å²) in [5.74, 6) is 1.64. The summed E-state index contributed by atoms with van der Waals surface area (Å²) in [7, 11) is 4.36. The highest BCUT2D eigenvalue weighted by Gasteiger charge is 2.25. The van der Waals surface area contributed by atoms with Gasteiger partial charge in [-0.05, 0) is 33.5 Å². The van der Waals surface area contributed by atoms with E-state index in [0.717, 1.165) is 50.7 Å². The molecule has 2 aliphatic rings. The Morgan fingerprint density at radius 1 is 1.30 bits per heavy atom. The molecule has 1 aromatic rings. The van der Waals surface area contributed by atoms with Crippen LogP contribution in [0.4, 0.5) is 0 Å². The molecule has 3 rings (SSSR count). The molecule has 0 bridgehead atoms. The number of hydrogen-bond donors (Lipinski definition) is 1. The first kappa shape index (κ1) is 14.0. The van der Waals surface area contributed by atoms with Gasteiger partial charge >= 0.3 is 0 Å². The number of aromatic nitrogens is 2. The van der Waals surface area contributed by atoms with Gasteiger partial charge in [0.25, 0.3) is 0 Å². The second-order valence-electron chi connectivity index (χ2n) is 6.20. The van der Waals surface area contributed by atoms with Crippen LogP contribution >= 0.6 is 0 Å².